The molecule has 2 fully saturated rings. The molecule has 1 aliphatic carbocycles. The first-order chi connectivity index (χ1) is 8.96. The Bertz CT molecular complexity index is 334. The lowest BCUT2D eigenvalue weighted by Gasteiger charge is -2.46. The summed E-state index contributed by atoms with van der Waals surface area (Å²) >= 11 is 0. The fraction of sp³-hybridized carbons (Fsp3) is 0.933. The number of methoxy groups -OCH3 is 1. The lowest BCUT2D eigenvalue weighted by atomic mass is 9.77. The Morgan fingerprint density at radius 3 is 2.74 bits per heavy atom. The Balaban J connectivity index is 2.03. The molecule has 2 aliphatic rings. The van der Waals surface area contributed by atoms with Gasteiger partial charge in [-0.2, -0.15) is 0 Å². The van der Waals surface area contributed by atoms with Crippen LogP contribution in [0.5, 0.6) is 0 Å². The van der Waals surface area contributed by atoms with Gasteiger partial charge < -0.3 is 10.5 Å². The number of piperidine rings is 1. The summed E-state index contributed by atoms with van der Waals surface area (Å²) in [7, 11) is 1.44. The minimum atomic E-state index is -0.763. The van der Waals surface area contributed by atoms with Crippen molar-refractivity contribution in [3.05, 3.63) is 0 Å². The number of carbonyl (C=O) groups excluding carboxylic acids is 1. The van der Waals surface area contributed by atoms with E-state index in [0.717, 1.165) is 38.1 Å². The van der Waals surface area contributed by atoms with Crippen molar-refractivity contribution in [2.75, 3.05) is 13.7 Å². The molecule has 1 heterocycles. The van der Waals surface area contributed by atoms with Gasteiger partial charge in [-0.3, -0.25) is 9.69 Å². The maximum Gasteiger partial charge on any atom is 0.325 e. The maximum absolute atomic E-state index is 11.9. The molecule has 1 saturated heterocycles. The van der Waals surface area contributed by atoms with Crippen LogP contribution in [0.25, 0.3) is 0 Å². The van der Waals surface area contributed by atoms with Crippen molar-refractivity contribution in [2.24, 2.45) is 11.7 Å². The Labute approximate surface area is 116 Å². The maximum atomic E-state index is 11.9. The van der Waals surface area contributed by atoms with E-state index in [9.17, 15) is 4.79 Å². The summed E-state index contributed by atoms with van der Waals surface area (Å²) in [5, 5.41) is 0. The van der Waals surface area contributed by atoms with Crippen LogP contribution in [0.3, 0.4) is 0 Å². The van der Waals surface area contributed by atoms with Gasteiger partial charge in [0.1, 0.15) is 5.54 Å². The molecule has 4 nitrogen and oxygen atoms in total. The molecule has 1 saturated carbocycles. The van der Waals surface area contributed by atoms with E-state index < -0.39 is 5.54 Å². The Morgan fingerprint density at radius 2 is 2.11 bits per heavy atom. The molecule has 0 amide bonds. The molecule has 0 aromatic rings. The number of hydrogen-bond acceptors (Lipinski definition) is 4. The predicted octanol–water partition coefficient (Wildman–Crippen LogP) is 1.92. The third-order valence-corrected chi connectivity index (χ3v) is 5.01. The molecule has 0 aromatic heterocycles. The van der Waals surface area contributed by atoms with Crippen LogP contribution >= 0.6 is 0 Å². The number of nitrogens with zero attached hydrogens (tertiary/aromatic N) is 1. The molecule has 2 N–H and O–H groups in total. The molecule has 4 unspecified atom stereocenters. The van der Waals surface area contributed by atoms with Crippen molar-refractivity contribution in [1.82, 2.24) is 4.90 Å². The second kappa shape index (κ2) is 5.80. The molecular formula is C15H28N2O2. The number of nitrogens with two attached hydrogens (primary N) is 1. The highest BCUT2D eigenvalue weighted by molar-refractivity contribution is 5.80. The molecule has 4 atom stereocenters. The van der Waals surface area contributed by atoms with Crippen LogP contribution in [0, 0.1) is 5.92 Å². The lowest BCUT2D eigenvalue weighted by molar-refractivity contribution is -0.149. The van der Waals surface area contributed by atoms with Crippen molar-refractivity contribution in [2.45, 2.75) is 70.0 Å². The number of ether oxygens (including phenoxy) is 1. The van der Waals surface area contributed by atoms with Crippen LogP contribution in [0.1, 0.15) is 52.4 Å². The smallest absolute Gasteiger partial charge is 0.325 e. The van der Waals surface area contributed by atoms with E-state index in [0.29, 0.717) is 12.1 Å². The first-order valence-corrected chi connectivity index (χ1v) is 7.59. The van der Waals surface area contributed by atoms with Crippen LogP contribution in [0.2, 0.25) is 0 Å². The number of hydrogen-bond donors (Lipinski definition) is 1. The van der Waals surface area contributed by atoms with Crippen LogP contribution < -0.4 is 5.73 Å². The average Bonchev–Trinajstić information content (AvgIpc) is 2.37. The SMILES string of the molecule is COC(=O)C1(N)CCCC(N2CCC(C)CC2C)C1. The van der Waals surface area contributed by atoms with E-state index in [1.165, 1.54) is 20.0 Å². The lowest BCUT2D eigenvalue weighted by Crippen LogP contribution is -2.58. The van der Waals surface area contributed by atoms with E-state index in [-0.39, 0.29) is 5.97 Å². The van der Waals surface area contributed by atoms with Crippen molar-refractivity contribution >= 4 is 5.97 Å². The minimum Gasteiger partial charge on any atom is -0.468 e. The van der Waals surface area contributed by atoms with Gasteiger partial charge in [0, 0.05) is 12.1 Å². The van der Waals surface area contributed by atoms with Crippen LogP contribution in [0.15, 0.2) is 0 Å². The predicted molar refractivity (Wildman–Crippen MR) is 75.8 cm³/mol. The zero-order chi connectivity index (χ0) is 14.0. The third-order valence-electron chi connectivity index (χ3n) is 5.01. The number of esters is 1. The first-order valence-electron chi connectivity index (χ1n) is 7.59. The van der Waals surface area contributed by atoms with Gasteiger partial charge in [-0.25, -0.2) is 0 Å². The number of likely N-dealkylation sites (tertiary alicyclic amines) is 1. The second-order valence-electron chi connectivity index (χ2n) is 6.61. The highest BCUT2D eigenvalue weighted by Gasteiger charge is 2.43. The normalized spacial score (nSPS) is 40.9. The number of rotatable bonds is 2. The second-order valence-corrected chi connectivity index (χ2v) is 6.61. The summed E-state index contributed by atoms with van der Waals surface area (Å²) in [6.07, 6.45) is 6.21. The fourth-order valence-corrected chi connectivity index (χ4v) is 3.92. The third kappa shape index (κ3) is 3.11. The Hall–Kier alpha value is -0.610. The average molecular weight is 268 g/mol. The van der Waals surface area contributed by atoms with Gasteiger partial charge in [-0.1, -0.05) is 6.92 Å². The van der Waals surface area contributed by atoms with Gasteiger partial charge >= 0.3 is 5.97 Å². The summed E-state index contributed by atoms with van der Waals surface area (Å²) in [4.78, 5) is 14.5. The zero-order valence-electron chi connectivity index (χ0n) is 12.5. The molecule has 0 bridgehead atoms. The van der Waals surface area contributed by atoms with E-state index in [1.807, 2.05) is 0 Å². The van der Waals surface area contributed by atoms with Gasteiger partial charge in [0.2, 0.25) is 0 Å². The van der Waals surface area contributed by atoms with Gasteiger partial charge in [0.25, 0.3) is 0 Å². The van der Waals surface area contributed by atoms with Crippen molar-refractivity contribution in [1.29, 1.82) is 0 Å². The molecule has 0 aromatic carbocycles. The largest absolute Gasteiger partial charge is 0.468 e. The fourth-order valence-electron chi connectivity index (χ4n) is 3.92. The van der Waals surface area contributed by atoms with Crippen molar-refractivity contribution < 1.29 is 9.53 Å². The summed E-state index contributed by atoms with van der Waals surface area (Å²) in [6, 6.07) is 1.05. The highest BCUT2D eigenvalue weighted by Crippen LogP contribution is 2.34. The van der Waals surface area contributed by atoms with Gasteiger partial charge in [-0.15, -0.1) is 0 Å². The van der Waals surface area contributed by atoms with Gasteiger partial charge in [0.15, 0.2) is 0 Å². The zero-order valence-corrected chi connectivity index (χ0v) is 12.5. The molecule has 2 rings (SSSR count). The molecule has 0 radical (unpaired) electrons. The highest BCUT2D eigenvalue weighted by atomic mass is 16.5. The first kappa shape index (κ1) is 14.8. The summed E-state index contributed by atoms with van der Waals surface area (Å²) in [5.41, 5.74) is 5.52. The summed E-state index contributed by atoms with van der Waals surface area (Å²) < 4.78 is 4.89. The van der Waals surface area contributed by atoms with Crippen LogP contribution in [0.4, 0.5) is 0 Å². The van der Waals surface area contributed by atoms with E-state index in [2.05, 4.69) is 18.7 Å². The van der Waals surface area contributed by atoms with E-state index in [4.69, 9.17) is 10.5 Å². The molecule has 1 aliphatic heterocycles. The van der Waals surface area contributed by atoms with Crippen molar-refractivity contribution in [3.63, 3.8) is 0 Å². The Kier molecular flexibility index (Phi) is 4.51. The standard InChI is InChI=1S/C15H28N2O2/c1-11-6-8-17(12(2)9-11)13-5-4-7-15(16,10-13)14(18)19-3/h11-13H,4-10,16H2,1-3H3. The van der Waals surface area contributed by atoms with E-state index in [1.54, 1.807) is 0 Å². The molecular weight excluding hydrogens is 240 g/mol. The molecule has 19 heavy (non-hydrogen) atoms. The quantitative estimate of drug-likeness (QED) is 0.777. The monoisotopic (exact) mass is 268 g/mol. The topological polar surface area (TPSA) is 55.6 Å². The van der Waals surface area contributed by atoms with E-state index >= 15 is 0 Å². The van der Waals surface area contributed by atoms with Gasteiger partial charge in [0.05, 0.1) is 7.11 Å². The molecule has 110 valence electrons. The van der Waals surface area contributed by atoms with Crippen molar-refractivity contribution in [3.8, 4) is 0 Å². The number of carbonyl (C=O) groups is 1. The minimum absolute atomic E-state index is 0.241. The Morgan fingerprint density at radius 1 is 1.37 bits per heavy atom. The summed E-state index contributed by atoms with van der Waals surface area (Å²) in [5.74, 6) is 0.577. The summed E-state index contributed by atoms with van der Waals surface area (Å²) in [6.45, 7) is 5.78. The molecule has 0 spiro atoms. The van der Waals surface area contributed by atoms with Gasteiger partial charge in [-0.05, 0) is 57.9 Å². The molecule has 4 heteroatoms. The van der Waals surface area contributed by atoms with Crippen LogP contribution in [-0.4, -0.2) is 42.1 Å². The van der Waals surface area contributed by atoms with Crippen LogP contribution in [-0.2, 0) is 9.53 Å².